The maximum Gasteiger partial charge on any atom is 0.293 e. The molecular weight excluding hydrogens is 347 g/mol. The molecule has 0 aliphatic heterocycles. The van der Waals surface area contributed by atoms with Crippen LogP contribution in [0.2, 0.25) is 0 Å². The van der Waals surface area contributed by atoms with E-state index in [2.05, 4.69) is 27.9 Å². The van der Waals surface area contributed by atoms with E-state index in [0.29, 0.717) is 11.8 Å². The second-order valence-electron chi connectivity index (χ2n) is 4.31. The summed E-state index contributed by atoms with van der Waals surface area (Å²) in [6, 6.07) is 5.50. The minimum absolute atomic E-state index is 0.141. The molecule has 0 atom stereocenters. The molecule has 18 heavy (non-hydrogen) atoms. The Morgan fingerprint density at radius 1 is 1.56 bits per heavy atom. The van der Waals surface area contributed by atoms with E-state index in [9.17, 15) is 10.1 Å². The Bertz CT molecular complexity index is 447. The maximum atomic E-state index is 11.0. The first-order chi connectivity index (χ1) is 8.60. The summed E-state index contributed by atoms with van der Waals surface area (Å²) in [5, 5.41) is 14.2. The summed E-state index contributed by atoms with van der Waals surface area (Å²) in [7, 11) is 0. The van der Waals surface area contributed by atoms with Crippen molar-refractivity contribution in [3.8, 4) is 0 Å². The van der Waals surface area contributed by atoms with E-state index in [-0.39, 0.29) is 16.7 Å². The van der Waals surface area contributed by atoms with E-state index in [4.69, 9.17) is 4.74 Å². The van der Waals surface area contributed by atoms with Crippen molar-refractivity contribution in [2.75, 3.05) is 11.9 Å². The predicted molar refractivity (Wildman–Crippen MR) is 77.9 cm³/mol. The van der Waals surface area contributed by atoms with Gasteiger partial charge >= 0.3 is 0 Å². The largest absolute Gasteiger partial charge is 0.378 e. The Morgan fingerprint density at radius 3 is 2.89 bits per heavy atom. The summed E-state index contributed by atoms with van der Waals surface area (Å²) >= 11 is 2.07. The SMILES string of the molecule is CCOC1CC(Nc2ccc(I)cc2[N+](=O)[O-])C1. The minimum Gasteiger partial charge on any atom is -0.378 e. The average Bonchev–Trinajstić information content (AvgIpc) is 2.28. The van der Waals surface area contributed by atoms with Gasteiger partial charge in [-0.1, -0.05) is 0 Å². The highest BCUT2D eigenvalue weighted by Gasteiger charge is 2.30. The van der Waals surface area contributed by atoms with Crippen LogP contribution >= 0.6 is 22.6 Å². The summed E-state index contributed by atoms with van der Waals surface area (Å²) in [6.07, 6.45) is 2.13. The fourth-order valence-electron chi connectivity index (χ4n) is 2.05. The Balaban J connectivity index is 2.00. The van der Waals surface area contributed by atoms with Crippen LogP contribution in [-0.2, 0) is 4.74 Å². The lowest BCUT2D eigenvalue weighted by atomic mass is 9.89. The third-order valence-corrected chi connectivity index (χ3v) is 3.68. The fourth-order valence-corrected chi connectivity index (χ4v) is 2.53. The monoisotopic (exact) mass is 362 g/mol. The van der Waals surface area contributed by atoms with Crippen molar-refractivity contribution in [3.63, 3.8) is 0 Å². The molecule has 0 saturated heterocycles. The van der Waals surface area contributed by atoms with Crippen molar-refractivity contribution in [3.05, 3.63) is 31.9 Å². The van der Waals surface area contributed by atoms with E-state index in [0.717, 1.165) is 23.0 Å². The molecule has 98 valence electrons. The van der Waals surface area contributed by atoms with Gasteiger partial charge in [-0.25, -0.2) is 0 Å². The number of halogens is 1. The number of nitro groups is 1. The van der Waals surface area contributed by atoms with Crippen LogP contribution in [0.15, 0.2) is 18.2 Å². The first-order valence-electron chi connectivity index (χ1n) is 5.92. The number of hydrogen-bond acceptors (Lipinski definition) is 4. The molecule has 0 spiro atoms. The summed E-state index contributed by atoms with van der Waals surface area (Å²) in [4.78, 5) is 10.6. The van der Waals surface area contributed by atoms with E-state index in [1.54, 1.807) is 12.1 Å². The zero-order valence-corrected chi connectivity index (χ0v) is 12.2. The zero-order chi connectivity index (χ0) is 13.1. The van der Waals surface area contributed by atoms with Crippen LogP contribution < -0.4 is 5.32 Å². The smallest absolute Gasteiger partial charge is 0.293 e. The summed E-state index contributed by atoms with van der Waals surface area (Å²) < 4.78 is 6.33. The number of anilines is 1. The average molecular weight is 362 g/mol. The van der Waals surface area contributed by atoms with Gasteiger partial charge in [0.15, 0.2) is 0 Å². The molecule has 0 aromatic heterocycles. The predicted octanol–water partition coefficient (Wildman–Crippen LogP) is 3.18. The van der Waals surface area contributed by atoms with Crippen LogP contribution in [0.1, 0.15) is 19.8 Å². The molecule has 0 radical (unpaired) electrons. The number of ether oxygens (including phenoxy) is 1. The number of hydrogen-bond donors (Lipinski definition) is 1. The van der Waals surface area contributed by atoms with Gasteiger partial charge in [-0.2, -0.15) is 0 Å². The van der Waals surface area contributed by atoms with Crippen molar-refractivity contribution >= 4 is 34.0 Å². The molecular formula is C12H15IN2O3. The minimum atomic E-state index is -0.344. The van der Waals surface area contributed by atoms with Crippen LogP contribution in [0.5, 0.6) is 0 Å². The molecule has 0 unspecified atom stereocenters. The number of rotatable bonds is 5. The molecule has 1 aliphatic carbocycles. The highest BCUT2D eigenvalue weighted by molar-refractivity contribution is 14.1. The molecule has 1 fully saturated rings. The molecule has 2 rings (SSSR count). The van der Waals surface area contributed by atoms with Gasteiger partial charge < -0.3 is 10.1 Å². The van der Waals surface area contributed by atoms with Crippen molar-refractivity contribution < 1.29 is 9.66 Å². The van der Waals surface area contributed by atoms with Crippen molar-refractivity contribution in [1.82, 2.24) is 0 Å². The van der Waals surface area contributed by atoms with Crippen molar-refractivity contribution in [1.29, 1.82) is 0 Å². The van der Waals surface area contributed by atoms with Gasteiger partial charge in [-0.15, -0.1) is 0 Å². The molecule has 1 aromatic carbocycles. The zero-order valence-electron chi connectivity index (χ0n) is 10.1. The highest BCUT2D eigenvalue weighted by atomic mass is 127. The van der Waals surface area contributed by atoms with Crippen LogP contribution in [-0.4, -0.2) is 23.7 Å². The molecule has 6 heteroatoms. The van der Waals surface area contributed by atoms with Gasteiger partial charge in [0.25, 0.3) is 5.69 Å². The Hall–Kier alpha value is -0.890. The topological polar surface area (TPSA) is 64.4 Å². The van der Waals surface area contributed by atoms with Gasteiger partial charge in [0.05, 0.1) is 11.0 Å². The van der Waals surface area contributed by atoms with Gasteiger partial charge in [-0.05, 0) is 54.5 Å². The van der Waals surface area contributed by atoms with Crippen LogP contribution in [0.25, 0.3) is 0 Å². The van der Waals surface area contributed by atoms with Gasteiger partial charge in [0.1, 0.15) is 5.69 Å². The molecule has 0 amide bonds. The number of nitro benzene ring substituents is 1. The first kappa shape index (κ1) is 13.5. The molecule has 1 saturated carbocycles. The number of nitrogens with one attached hydrogen (secondary N) is 1. The van der Waals surface area contributed by atoms with Gasteiger partial charge in [0.2, 0.25) is 0 Å². The second kappa shape index (κ2) is 5.83. The third-order valence-electron chi connectivity index (χ3n) is 3.01. The molecule has 0 bridgehead atoms. The van der Waals surface area contributed by atoms with Crippen LogP contribution in [0.4, 0.5) is 11.4 Å². The summed E-state index contributed by atoms with van der Waals surface area (Å²) in [5.74, 6) is 0. The molecule has 1 aliphatic rings. The van der Waals surface area contributed by atoms with E-state index >= 15 is 0 Å². The van der Waals surface area contributed by atoms with Gasteiger partial charge in [0, 0.05) is 22.3 Å². The highest BCUT2D eigenvalue weighted by Crippen LogP contribution is 2.32. The summed E-state index contributed by atoms with van der Waals surface area (Å²) in [6.45, 7) is 2.70. The third kappa shape index (κ3) is 3.11. The lowest BCUT2D eigenvalue weighted by molar-refractivity contribution is -0.384. The maximum absolute atomic E-state index is 11.0. The standard InChI is InChI=1S/C12H15IN2O3/c1-2-18-10-6-9(7-10)14-11-4-3-8(13)5-12(11)15(16)17/h3-5,9-10,14H,2,6-7H2,1H3. The van der Waals surface area contributed by atoms with E-state index in [1.165, 1.54) is 0 Å². The van der Waals surface area contributed by atoms with Crippen LogP contribution in [0.3, 0.4) is 0 Å². The second-order valence-corrected chi connectivity index (χ2v) is 5.55. The quantitative estimate of drug-likeness (QED) is 0.497. The lowest BCUT2D eigenvalue weighted by Gasteiger charge is -2.35. The fraction of sp³-hybridized carbons (Fsp3) is 0.500. The van der Waals surface area contributed by atoms with Gasteiger partial charge in [-0.3, -0.25) is 10.1 Å². The Labute approximate surface area is 119 Å². The molecule has 1 aromatic rings. The number of benzene rings is 1. The first-order valence-corrected chi connectivity index (χ1v) is 7.00. The van der Waals surface area contributed by atoms with E-state index < -0.39 is 0 Å². The lowest BCUT2D eigenvalue weighted by Crippen LogP contribution is -2.40. The van der Waals surface area contributed by atoms with E-state index in [1.807, 2.05) is 13.0 Å². The Morgan fingerprint density at radius 2 is 2.28 bits per heavy atom. The van der Waals surface area contributed by atoms with Crippen molar-refractivity contribution in [2.24, 2.45) is 0 Å². The van der Waals surface area contributed by atoms with Crippen molar-refractivity contribution in [2.45, 2.75) is 31.9 Å². The molecule has 5 nitrogen and oxygen atoms in total. The summed E-state index contributed by atoms with van der Waals surface area (Å²) in [5.41, 5.74) is 0.738. The normalized spacial score (nSPS) is 22.3. The molecule has 0 heterocycles. The molecule has 1 N–H and O–H groups in total. The number of nitrogens with zero attached hydrogens (tertiary/aromatic N) is 1. The Kier molecular flexibility index (Phi) is 4.39. The van der Waals surface area contributed by atoms with Crippen LogP contribution in [0, 0.1) is 13.7 Å².